The van der Waals surface area contributed by atoms with E-state index in [2.05, 4.69) is 15.8 Å². The molecule has 1 rings (SSSR count). The lowest BCUT2D eigenvalue weighted by Gasteiger charge is -2.22. The summed E-state index contributed by atoms with van der Waals surface area (Å²) < 4.78 is 5.25. The number of benzene rings is 1. The van der Waals surface area contributed by atoms with Gasteiger partial charge in [-0.25, -0.2) is 4.79 Å². The van der Waals surface area contributed by atoms with Crippen LogP contribution in [0.15, 0.2) is 35.4 Å². The zero-order chi connectivity index (χ0) is 17.5. The monoisotopic (exact) mass is 336 g/mol. The van der Waals surface area contributed by atoms with Crippen molar-refractivity contribution in [2.75, 3.05) is 0 Å². The van der Waals surface area contributed by atoms with Crippen LogP contribution in [0.25, 0.3) is 0 Å². The normalized spacial score (nSPS) is 13.1. The van der Waals surface area contributed by atoms with Crippen molar-refractivity contribution < 1.29 is 9.53 Å². The second-order valence-electron chi connectivity index (χ2n) is 6.15. The Labute approximate surface area is 142 Å². The van der Waals surface area contributed by atoms with Crippen LogP contribution < -0.4 is 16.5 Å². The van der Waals surface area contributed by atoms with E-state index in [-0.39, 0.29) is 11.2 Å². The summed E-state index contributed by atoms with van der Waals surface area (Å²) in [4.78, 5) is 11.8. The predicted molar refractivity (Wildman–Crippen MR) is 96.3 cm³/mol. The van der Waals surface area contributed by atoms with E-state index in [0.717, 1.165) is 11.3 Å². The molecule has 7 heteroatoms. The fourth-order valence-corrected chi connectivity index (χ4v) is 1.88. The maximum absolute atomic E-state index is 11.8. The lowest BCUT2D eigenvalue weighted by molar-refractivity contribution is 0.0510. The van der Waals surface area contributed by atoms with Gasteiger partial charge in [0.25, 0.3) is 0 Å². The van der Waals surface area contributed by atoms with Gasteiger partial charge in [-0.2, -0.15) is 5.10 Å². The highest BCUT2D eigenvalue weighted by Crippen LogP contribution is 2.09. The Morgan fingerprint density at radius 3 is 2.48 bits per heavy atom. The number of alkyl carbamates (subject to hydrolysis) is 1. The van der Waals surface area contributed by atoms with Crippen molar-refractivity contribution in [3.8, 4) is 0 Å². The molecule has 0 heterocycles. The van der Waals surface area contributed by atoms with Crippen LogP contribution in [0.4, 0.5) is 4.79 Å². The number of hydrogen-bond donors (Lipinski definition) is 3. The first-order chi connectivity index (χ1) is 10.7. The van der Waals surface area contributed by atoms with E-state index < -0.39 is 11.7 Å². The number of carbonyl (C=O) groups is 1. The summed E-state index contributed by atoms with van der Waals surface area (Å²) >= 11 is 4.78. The van der Waals surface area contributed by atoms with Crippen LogP contribution in [0.2, 0.25) is 0 Å². The molecule has 0 aliphatic rings. The van der Waals surface area contributed by atoms with Gasteiger partial charge in [0.1, 0.15) is 5.60 Å². The third-order valence-electron chi connectivity index (χ3n) is 2.67. The molecule has 126 valence electrons. The summed E-state index contributed by atoms with van der Waals surface area (Å²) in [5.41, 5.74) is 9.15. The van der Waals surface area contributed by atoms with Gasteiger partial charge in [-0.1, -0.05) is 30.3 Å². The van der Waals surface area contributed by atoms with E-state index in [1.165, 1.54) is 0 Å². The molecule has 0 saturated carbocycles. The molecule has 23 heavy (non-hydrogen) atoms. The number of carbonyl (C=O) groups excluding carboxylic acids is 1. The highest BCUT2D eigenvalue weighted by Gasteiger charge is 2.18. The molecule has 0 spiro atoms. The van der Waals surface area contributed by atoms with E-state index in [9.17, 15) is 4.79 Å². The van der Waals surface area contributed by atoms with Gasteiger partial charge >= 0.3 is 6.09 Å². The van der Waals surface area contributed by atoms with Crippen LogP contribution in [0.1, 0.15) is 39.7 Å². The smallest absolute Gasteiger partial charge is 0.407 e. The number of rotatable bonds is 5. The van der Waals surface area contributed by atoms with E-state index in [1.54, 1.807) is 0 Å². The van der Waals surface area contributed by atoms with Crippen molar-refractivity contribution in [2.45, 2.75) is 45.8 Å². The van der Waals surface area contributed by atoms with Gasteiger partial charge in [0.05, 0.1) is 5.71 Å². The molecule has 1 amide bonds. The molecule has 0 aliphatic carbocycles. The Morgan fingerprint density at radius 1 is 1.35 bits per heavy atom. The molecule has 1 aromatic carbocycles. The standard InChI is InChI=1S/C16H24N4O2S/c1-11(18-15(21)22-16(2,3)4)10-13(19-20-14(17)23)12-8-6-5-7-9-12/h5-9,11H,10H2,1-4H3,(H,18,21)(H3,17,20,23). The summed E-state index contributed by atoms with van der Waals surface area (Å²) in [6.07, 6.45) is 0.0403. The highest BCUT2D eigenvalue weighted by atomic mass is 32.1. The summed E-state index contributed by atoms with van der Waals surface area (Å²) in [5, 5.41) is 7.10. The molecule has 0 bridgehead atoms. The number of hydrogen-bond acceptors (Lipinski definition) is 4. The lowest BCUT2D eigenvalue weighted by Crippen LogP contribution is -2.39. The number of nitrogens with two attached hydrogens (primary N) is 1. The molecular weight excluding hydrogens is 312 g/mol. The van der Waals surface area contributed by atoms with Gasteiger partial charge in [0, 0.05) is 12.5 Å². The highest BCUT2D eigenvalue weighted by molar-refractivity contribution is 7.80. The van der Waals surface area contributed by atoms with Crippen molar-refractivity contribution in [1.29, 1.82) is 0 Å². The molecular formula is C16H24N4O2S. The summed E-state index contributed by atoms with van der Waals surface area (Å²) in [7, 11) is 0. The third-order valence-corrected chi connectivity index (χ3v) is 2.76. The molecule has 1 unspecified atom stereocenters. The van der Waals surface area contributed by atoms with Gasteiger partial charge in [0.15, 0.2) is 5.11 Å². The van der Waals surface area contributed by atoms with Gasteiger partial charge in [0.2, 0.25) is 0 Å². The first-order valence-corrected chi connectivity index (χ1v) is 7.75. The first-order valence-electron chi connectivity index (χ1n) is 7.34. The molecule has 4 N–H and O–H groups in total. The van der Waals surface area contributed by atoms with Crippen LogP contribution in [0.5, 0.6) is 0 Å². The van der Waals surface area contributed by atoms with Gasteiger partial charge in [-0.05, 0) is 45.5 Å². The molecule has 0 aromatic heterocycles. The maximum Gasteiger partial charge on any atom is 0.407 e. The fraction of sp³-hybridized carbons (Fsp3) is 0.438. The number of amides is 1. The summed E-state index contributed by atoms with van der Waals surface area (Å²) in [6, 6.07) is 9.44. The minimum Gasteiger partial charge on any atom is -0.444 e. The SMILES string of the molecule is CC(CC(=NNC(N)=S)c1ccccc1)NC(=O)OC(C)(C)C. The number of nitrogens with one attached hydrogen (secondary N) is 2. The van der Waals surface area contributed by atoms with Crippen LogP contribution in [-0.2, 0) is 4.74 Å². The Hall–Kier alpha value is -2.15. The van der Waals surface area contributed by atoms with E-state index in [1.807, 2.05) is 58.0 Å². The number of thiocarbonyl (C=S) groups is 1. The summed E-state index contributed by atoms with van der Waals surface area (Å²) in [6.45, 7) is 7.34. The van der Waals surface area contributed by atoms with Crippen LogP contribution >= 0.6 is 12.2 Å². The van der Waals surface area contributed by atoms with Crippen molar-refractivity contribution in [1.82, 2.24) is 10.7 Å². The molecule has 1 aromatic rings. The van der Waals surface area contributed by atoms with Crippen LogP contribution in [0, 0.1) is 0 Å². The lowest BCUT2D eigenvalue weighted by atomic mass is 10.0. The molecule has 0 saturated heterocycles. The van der Waals surface area contributed by atoms with Gasteiger partial charge in [-0.15, -0.1) is 0 Å². The molecule has 0 fully saturated rings. The van der Waals surface area contributed by atoms with Gasteiger partial charge in [-0.3, -0.25) is 5.43 Å². The minimum absolute atomic E-state index is 0.0891. The Morgan fingerprint density at radius 2 is 1.96 bits per heavy atom. The summed E-state index contributed by atoms with van der Waals surface area (Å²) in [5.74, 6) is 0. The van der Waals surface area contributed by atoms with E-state index in [0.29, 0.717) is 6.42 Å². The number of hydrazone groups is 1. The van der Waals surface area contributed by atoms with Crippen molar-refractivity contribution in [2.24, 2.45) is 10.8 Å². The second-order valence-corrected chi connectivity index (χ2v) is 6.59. The Balaban J connectivity index is 2.75. The van der Waals surface area contributed by atoms with E-state index >= 15 is 0 Å². The Bertz CT molecular complexity index is 567. The number of ether oxygens (including phenoxy) is 1. The minimum atomic E-state index is -0.534. The predicted octanol–water partition coefficient (Wildman–Crippen LogP) is 2.53. The average molecular weight is 336 g/mol. The van der Waals surface area contributed by atoms with Gasteiger partial charge < -0.3 is 15.8 Å². The van der Waals surface area contributed by atoms with E-state index in [4.69, 9.17) is 22.7 Å². The fourth-order valence-electron chi connectivity index (χ4n) is 1.83. The van der Waals surface area contributed by atoms with Crippen molar-refractivity contribution in [3.05, 3.63) is 35.9 Å². The maximum atomic E-state index is 11.8. The quantitative estimate of drug-likeness (QED) is 0.437. The second kappa shape index (κ2) is 8.47. The van der Waals surface area contributed by atoms with Crippen LogP contribution in [0.3, 0.4) is 0 Å². The van der Waals surface area contributed by atoms with Crippen molar-refractivity contribution in [3.63, 3.8) is 0 Å². The van der Waals surface area contributed by atoms with Crippen LogP contribution in [-0.4, -0.2) is 28.6 Å². The topological polar surface area (TPSA) is 88.7 Å². The Kier molecular flexibility index (Phi) is 6.96. The first kappa shape index (κ1) is 18.9. The van der Waals surface area contributed by atoms with Crippen molar-refractivity contribution >= 4 is 29.1 Å². The number of nitrogens with zero attached hydrogens (tertiary/aromatic N) is 1. The third kappa shape index (κ3) is 8.15. The largest absolute Gasteiger partial charge is 0.444 e. The zero-order valence-electron chi connectivity index (χ0n) is 13.9. The molecule has 1 atom stereocenters. The average Bonchev–Trinajstić information content (AvgIpc) is 2.41. The zero-order valence-corrected chi connectivity index (χ0v) is 14.7. The molecule has 0 radical (unpaired) electrons. The molecule has 0 aliphatic heterocycles. The molecule has 6 nitrogen and oxygen atoms in total.